The topological polar surface area (TPSA) is 35.2 Å². The summed E-state index contributed by atoms with van der Waals surface area (Å²) in [6, 6.07) is 8.65. The molecule has 3 atom stereocenters. The summed E-state index contributed by atoms with van der Waals surface area (Å²) in [5.74, 6) is 3.18. The Kier molecular flexibility index (Phi) is 6.13. The molecule has 0 aromatic heterocycles. The lowest BCUT2D eigenvalue weighted by Crippen LogP contribution is -2.36. The van der Waals surface area contributed by atoms with Crippen molar-refractivity contribution in [3.8, 4) is 5.75 Å². The van der Waals surface area contributed by atoms with Crippen molar-refractivity contribution in [3.63, 3.8) is 0 Å². The Balaban J connectivity index is 1.96. The minimum Gasteiger partial charge on any atom is -0.490 e. The number of aryl methyl sites for hydroxylation is 1. The van der Waals surface area contributed by atoms with Crippen molar-refractivity contribution in [1.82, 2.24) is 0 Å². The van der Waals surface area contributed by atoms with E-state index >= 15 is 0 Å². The fourth-order valence-electron chi connectivity index (χ4n) is 3.63. The zero-order valence-corrected chi connectivity index (χ0v) is 15.6. The van der Waals surface area contributed by atoms with Gasteiger partial charge in [0.1, 0.15) is 11.9 Å². The molecule has 1 aliphatic carbocycles. The third-order valence-corrected chi connectivity index (χ3v) is 5.23. The summed E-state index contributed by atoms with van der Waals surface area (Å²) in [6.07, 6.45) is 6.23. The molecule has 23 heavy (non-hydrogen) atoms. The smallest absolute Gasteiger partial charge is 0.119 e. The number of benzene rings is 1. The molecular weight excluding hydrogens is 282 g/mol. The highest BCUT2D eigenvalue weighted by Gasteiger charge is 2.32. The molecule has 0 saturated heterocycles. The fraction of sp³-hybridized carbons (Fsp3) is 0.714. The van der Waals surface area contributed by atoms with E-state index in [9.17, 15) is 0 Å². The van der Waals surface area contributed by atoms with Crippen LogP contribution in [0.25, 0.3) is 0 Å². The van der Waals surface area contributed by atoms with Crippen LogP contribution in [-0.4, -0.2) is 11.6 Å². The van der Waals surface area contributed by atoms with Gasteiger partial charge >= 0.3 is 0 Å². The molecule has 2 heteroatoms. The van der Waals surface area contributed by atoms with Gasteiger partial charge in [-0.1, -0.05) is 39.3 Å². The Labute approximate surface area is 142 Å². The minimum atomic E-state index is -0.0993. The SMILES string of the molecule is CC1CCC(C(C)C)C(Oc2ccc(CCC(C)(C)N)cc2)C1. The van der Waals surface area contributed by atoms with Crippen LogP contribution < -0.4 is 10.5 Å². The van der Waals surface area contributed by atoms with Crippen LogP contribution in [0.5, 0.6) is 5.75 Å². The van der Waals surface area contributed by atoms with Gasteiger partial charge in [-0.3, -0.25) is 0 Å². The molecule has 3 unspecified atom stereocenters. The van der Waals surface area contributed by atoms with Crippen LogP contribution in [0.15, 0.2) is 24.3 Å². The lowest BCUT2D eigenvalue weighted by atomic mass is 9.75. The van der Waals surface area contributed by atoms with E-state index in [2.05, 4.69) is 58.9 Å². The average Bonchev–Trinajstić information content (AvgIpc) is 2.45. The molecule has 2 N–H and O–H groups in total. The highest BCUT2D eigenvalue weighted by Crippen LogP contribution is 2.36. The maximum atomic E-state index is 6.38. The fourth-order valence-corrected chi connectivity index (χ4v) is 3.63. The third-order valence-electron chi connectivity index (χ3n) is 5.23. The lowest BCUT2D eigenvalue weighted by Gasteiger charge is -2.37. The van der Waals surface area contributed by atoms with Crippen molar-refractivity contribution in [2.24, 2.45) is 23.5 Å². The molecule has 1 aliphatic rings. The molecule has 0 spiro atoms. The molecule has 2 nitrogen and oxygen atoms in total. The number of rotatable bonds is 6. The van der Waals surface area contributed by atoms with Gasteiger partial charge in [-0.2, -0.15) is 0 Å². The van der Waals surface area contributed by atoms with Crippen molar-refractivity contribution in [2.75, 3.05) is 0 Å². The molecule has 1 aromatic carbocycles. The van der Waals surface area contributed by atoms with Gasteiger partial charge in [0, 0.05) is 5.54 Å². The molecule has 2 rings (SSSR count). The van der Waals surface area contributed by atoms with E-state index in [1.54, 1.807) is 0 Å². The van der Waals surface area contributed by atoms with Gasteiger partial charge in [-0.05, 0) is 75.0 Å². The molecule has 1 fully saturated rings. The summed E-state index contributed by atoms with van der Waals surface area (Å²) in [6.45, 7) is 11.2. The zero-order chi connectivity index (χ0) is 17.0. The van der Waals surface area contributed by atoms with Crippen LogP contribution >= 0.6 is 0 Å². The van der Waals surface area contributed by atoms with Crippen LogP contribution in [0.4, 0.5) is 0 Å². The lowest BCUT2D eigenvalue weighted by molar-refractivity contribution is 0.0460. The normalized spacial score (nSPS) is 25.6. The van der Waals surface area contributed by atoms with Crippen molar-refractivity contribution in [2.45, 2.75) is 78.4 Å². The van der Waals surface area contributed by atoms with Crippen molar-refractivity contribution in [1.29, 1.82) is 0 Å². The third kappa shape index (κ3) is 5.84. The highest BCUT2D eigenvalue weighted by molar-refractivity contribution is 5.27. The Morgan fingerprint density at radius 2 is 1.83 bits per heavy atom. The highest BCUT2D eigenvalue weighted by atomic mass is 16.5. The van der Waals surface area contributed by atoms with Crippen LogP contribution in [0.1, 0.15) is 65.9 Å². The Morgan fingerprint density at radius 3 is 2.39 bits per heavy atom. The Morgan fingerprint density at radius 1 is 1.17 bits per heavy atom. The predicted octanol–water partition coefficient (Wildman–Crippen LogP) is 5.20. The quantitative estimate of drug-likeness (QED) is 0.783. The van der Waals surface area contributed by atoms with E-state index in [0.29, 0.717) is 17.9 Å². The van der Waals surface area contributed by atoms with E-state index in [-0.39, 0.29) is 5.54 Å². The summed E-state index contributed by atoms with van der Waals surface area (Å²) in [7, 11) is 0. The van der Waals surface area contributed by atoms with Crippen molar-refractivity contribution in [3.05, 3.63) is 29.8 Å². The second kappa shape index (κ2) is 7.70. The summed E-state index contributed by atoms with van der Waals surface area (Å²) in [5, 5.41) is 0. The zero-order valence-electron chi connectivity index (χ0n) is 15.6. The van der Waals surface area contributed by atoms with Crippen LogP contribution in [0.2, 0.25) is 0 Å². The van der Waals surface area contributed by atoms with Gasteiger partial charge in [-0.25, -0.2) is 0 Å². The minimum absolute atomic E-state index is 0.0993. The molecule has 0 heterocycles. The summed E-state index contributed by atoms with van der Waals surface area (Å²) >= 11 is 0. The first-order valence-corrected chi connectivity index (χ1v) is 9.29. The Bertz CT molecular complexity index is 472. The standard InChI is InChI=1S/C21H35NO/c1-15(2)19-11-6-16(3)14-20(19)23-18-9-7-17(8-10-18)12-13-21(4,5)22/h7-10,15-16,19-20H,6,11-14,22H2,1-5H3. The molecule has 0 bridgehead atoms. The van der Waals surface area contributed by atoms with Crippen LogP contribution in [0.3, 0.4) is 0 Å². The van der Waals surface area contributed by atoms with Crippen molar-refractivity contribution >= 4 is 0 Å². The van der Waals surface area contributed by atoms with Gasteiger partial charge in [0.05, 0.1) is 0 Å². The molecule has 0 radical (unpaired) electrons. The van der Waals surface area contributed by atoms with E-state index in [1.165, 1.54) is 24.8 Å². The van der Waals surface area contributed by atoms with E-state index < -0.39 is 0 Å². The second-order valence-corrected chi connectivity index (χ2v) is 8.61. The average molecular weight is 318 g/mol. The van der Waals surface area contributed by atoms with Crippen molar-refractivity contribution < 1.29 is 4.74 Å². The van der Waals surface area contributed by atoms with Crippen LogP contribution in [0, 0.1) is 17.8 Å². The maximum absolute atomic E-state index is 6.38. The van der Waals surface area contributed by atoms with Gasteiger partial charge in [0.15, 0.2) is 0 Å². The molecule has 130 valence electrons. The molecule has 1 aromatic rings. The maximum Gasteiger partial charge on any atom is 0.119 e. The monoisotopic (exact) mass is 317 g/mol. The molecule has 0 amide bonds. The number of hydrogen-bond donors (Lipinski definition) is 1. The second-order valence-electron chi connectivity index (χ2n) is 8.61. The van der Waals surface area contributed by atoms with E-state index in [1.807, 2.05) is 0 Å². The molecule has 0 aliphatic heterocycles. The largest absolute Gasteiger partial charge is 0.490 e. The summed E-state index contributed by atoms with van der Waals surface area (Å²) in [4.78, 5) is 0. The first kappa shape index (κ1) is 18.3. The van der Waals surface area contributed by atoms with Gasteiger partial charge < -0.3 is 10.5 Å². The van der Waals surface area contributed by atoms with E-state index in [0.717, 1.165) is 24.5 Å². The van der Waals surface area contributed by atoms with Crippen LogP contribution in [-0.2, 0) is 6.42 Å². The number of hydrogen-bond acceptors (Lipinski definition) is 2. The molecule has 1 saturated carbocycles. The summed E-state index contributed by atoms with van der Waals surface area (Å²) < 4.78 is 6.38. The van der Waals surface area contributed by atoms with Gasteiger partial charge in [0.25, 0.3) is 0 Å². The van der Waals surface area contributed by atoms with Gasteiger partial charge in [-0.15, -0.1) is 0 Å². The Hall–Kier alpha value is -1.02. The predicted molar refractivity (Wildman–Crippen MR) is 98.8 cm³/mol. The first-order chi connectivity index (χ1) is 10.7. The first-order valence-electron chi connectivity index (χ1n) is 9.29. The number of nitrogens with two attached hydrogens (primary N) is 1. The number of ether oxygens (including phenoxy) is 1. The molecular formula is C21H35NO. The van der Waals surface area contributed by atoms with Gasteiger partial charge in [0.2, 0.25) is 0 Å². The van der Waals surface area contributed by atoms with E-state index in [4.69, 9.17) is 10.5 Å². The summed E-state index contributed by atoms with van der Waals surface area (Å²) in [5.41, 5.74) is 7.31.